The van der Waals surface area contributed by atoms with Crippen molar-refractivity contribution < 1.29 is 4.74 Å². The first-order valence-electron chi connectivity index (χ1n) is 5.60. The fraction of sp³-hybridized carbons (Fsp3) is 0.308. The molecule has 2 aromatic rings. The molecule has 17 heavy (non-hydrogen) atoms. The SMILES string of the molecule is CCn1c(Br)cnc1COc1cccc(C)c1. The highest BCUT2D eigenvalue weighted by molar-refractivity contribution is 9.10. The van der Waals surface area contributed by atoms with E-state index >= 15 is 0 Å². The first-order valence-corrected chi connectivity index (χ1v) is 6.39. The van der Waals surface area contributed by atoms with Crippen LogP contribution in [0.3, 0.4) is 0 Å². The second kappa shape index (κ2) is 5.36. The molecule has 0 saturated carbocycles. The van der Waals surface area contributed by atoms with E-state index in [0.717, 1.165) is 22.7 Å². The number of imidazole rings is 1. The zero-order chi connectivity index (χ0) is 12.3. The summed E-state index contributed by atoms with van der Waals surface area (Å²) < 4.78 is 8.79. The summed E-state index contributed by atoms with van der Waals surface area (Å²) in [4.78, 5) is 4.32. The smallest absolute Gasteiger partial charge is 0.147 e. The number of hydrogen-bond donors (Lipinski definition) is 0. The van der Waals surface area contributed by atoms with E-state index < -0.39 is 0 Å². The fourth-order valence-electron chi connectivity index (χ4n) is 1.69. The summed E-state index contributed by atoms with van der Waals surface area (Å²) in [5, 5.41) is 0. The molecule has 0 N–H and O–H groups in total. The number of halogens is 1. The van der Waals surface area contributed by atoms with Crippen LogP contribution in [-0.4, -0.2) is 9.55 Å². The molecule has 1 aromatic carbocycles. The third-order valence-corrected chi connectivity index (χ3v) is 3.20. The van der Waals surface area contributed by atoms with Crippen molar-refractivity contribution in [2.45, 2.75) is 27.0 Å². The normalized spacial score (nSPS) is 10.5. The number of aryl methyl sites for hydroxylation is 1. The predicted octanol–water partition coefficient (Wildman–Crippen LogP) is 3.55. The summed E-state index contributed by atoms with van der Waals surface area (Å²) in [7, 11) is 0. The van der Waals surface area contributed by atoms with E-state index in [0.29, 0.717) is 6.61 Å². The Morgan fingerprint density at radius 3 is 2.94 bits per heavy atom. The molecule has 0 saturated heterocycles. The Labute approximate surface area is 110 Å². The van der Waals surface area contributed by atoms with Crippen molar-refractivity contribution in [2.75, 3.05) is 0 Å². The summed E-state index contributed by atoms with van der Waals surface area (Å²) in [6.07, 6.45) is 1.80. The number of benzene rings is 1. The lowest BCUT2D eigenvalue weighted by atomic mass is 10.2. The maximum absolute atomic E-state index is 5.72. The van der Waals surface area contributed by atoms with Crippen molar-refractivity contribution in [1.29, 1.82) is 0 Å². The highest BCUT2D eigenvalue weighted by Gasteiger charge is 2.06. The van der Waals surface area contributed by atoms with Crippen molar-refractivity contribution in [1.82, 2.24) is 9.55 Å². The second-order valence-corrected chi connectivity index (χ2v) is 4.66. The molecule has 0 aliphatic rings. The Hall–Kier alpha value is -1.29. The van der Waals surface area contributed by atoms with Gasteiger partial charge in [-0.3, -0.25) is 0 Å². The zero-order valence-electron chi connectivity index (χ0n) is 9.98. The Morgan fingerprint density at radius 1 is 1.41 bits per heavy atom. The van der Waals surface area contributed by atoms with E-state index in [1.807, 2.05) is 18.2 Å². The average Bonchev–Trinajstić information content (AvgIpc) is 2.67. The van der Waals surface area contributed by atoms with Crippen LogP contribution in [0.15, 0.2) is 35.1 Å². The van der Waals surface area contributed by atoms with E-state index in [9.17, 15) is 0 Å². The number of rotatable bonds is 4. The fourth-order valence-corrected chi connectivity index (χ4v) is 2.25. The minimum absolute atomic E-state index is 0.489. The average molecular weight is 295 g/mol. The van der Waals surface area contributed by atoms with Crippen LogP contribution < -0.4 is 4.74 Å². The number of nitrogens with zero attached hydrogens (tertiary/aromatic N) is 2. The van der Waals surface area contributed by atoms with Gasteiger partial charge in [0.15, 0.2) is 0 Å². The number of ether oxygens (including phenoxy) is 1. The highest BCUT2D eigenvalue weighted by Crippen LogP contribution is 2.16. The van der Waals surface area contributed by atoms with Crippen LogP contribution >= 0.6 is 15.9 Å². The third kappa shape index (κ3) is 2.88. The van der Waals surface area contributed by atoms with Crippen molar-refractivity contribution in [2.24, 2.45) is 0 Å². The van der Waals surface area contributed by atoms with Crippen LogP contribution in [0, 0.1) is 6.92 Å². The first-order chi connectivity index (χ1) is 8.20. The molecule has 0 unspecified atom stereocenters. The van der Waals surface area contributed by atoms with Crippen LogP contribution in [0.2, 0.25) is 0 Å². The maximum atomic E-state index is 5.72. The van der Waals surface area contributed by atoms with Gasteiger partial charge in [-0.05, 0) is 47.5 Å². The monoisotopic (exact) mass is 294 g/mol. The lowest BCUT2D eigenvalue weighted by molar-refractivity contribution is 0.289. The van der Waals surface area contributed by atoms with Crippen LogP contribution in [0.1, 0.15) is 18.3 Å². The Kier molecular flexibility index (Phi) is 3.84. The number of aromatic nitrogens is 2. The van der Waals surface area contributed by atoms with Crippen molar-refractivity contribution >= 4 is 15.9 Å². The van der Waals surface area contributed by atoms with Gasteiger partial charge in [-0.2, -0.15) is 0 Å². The van der Waals surface area contributed by atoms with Gasteiger partial charge in [-0.1, -0.05) is 12.1 Å². The second-order valence-electron chi connectivity index (χ2n) is 3.85. The van der Waals surface area contributed by atoms with Gasteiger partial charge in [0, 0.05) is 6.54 Å². The minimum atomic E-state index is 0.489. The summed E-state index contributed by atoms with van der Waals surface area (Å²) in [5.74, 6) is 1.81. The molecule has 0 radical (unpaired) electrons. The Balaban J connectivity index is 2.07. The van der Waals surface area contributed by atoms with Crippen LogP contribution in [0.5, 0.6) is 5.75 Å². The largest absolute Gasteiger partial charge is 0.486 e. The van der Waals surface area contributed by atoms with E-state index in [1.54, 1.807) is 6.20 Å². The lowest BCUT2D eigenvalue weighted by Crippen LogP contribution is -2.06. The van der Waals surface area contributed by atoms with Gasteiger partial charge in [0.25, 0.3) is 0 Å². The summed E-state index contributed by atoms with van der Waals surface area (Å²) in [6, 6.07) is 8.03. The summed E-state index contributed by atoms with van der Waals surface area (Å²) >= 11 is 3.46. The van der Waals surface area contributed by atoms with Crippen molar-refractivity contribution in [3.8, 4) is 5.75 Å². The molecule has 0 aliphatic heterocycles. The van der Waals surface area contributed by atoms with Gasteiger partial charge >= 0.3 is 0 Å². The topological polar surface area (TPSA) is 27.1 Å². The Morgan fingerprint density at radius 2 is 2.24 bits per heavy atom. The standard InChI is InChI=1S/C13H15BrN2O/c1-3-16-12(14)8-15-13(16)9-17-11-6-4-5-10(2)7-11/h4-8H,3,9H2,1-2H3. The molecule has 0 bridgehead atoms. The molecule has 4 heteroatoms. The first kappa shape index (κ1) is 12.2. The molecule has 1 aromatic heterocycles. The minimum Gasteiger partial charge on any atom is -0.486 e. The third-order valence-electron chi connectivity index (χ3n) is 2.56. The number of hydrogen-bond acceptors (Lipinski definition) is 2. The maximum Gasteiger partial charge on any atom is 0.147 e. The molecule has 0 atom stereocenters. The molecule has 0 amide bonds. The summed E-state index contributed by atoms with van der Waals surface area (Å²) in [5.41, 5.74) is 1.20. The molecule has 0 fully saturated rings. The van der Waals surface area contributed by atoms with E-state index in [-0.39, 0.29) is 0 Å². The van der Waals surface area contributed by atoms with E-state index in [4.69, 9.17) is 4.74 Å². The van der Waals surface area contributed by atoms with Crippen molar-refractivity contribution in [3.63, 3.8) is 0 Å². The molecular formula is C13H15BrN2O. The summed E-state index contributed by atoms with van der Waals surface area (Å²) in [6.45, 7) is 5.51. The molecule has 0 spiro atoms. The van der Waals surface area contributed by atoms with E-state index in [1.165, 1.54) is 5.56 Å². The zero-order valence-corrected chi connectivity index (χ0v) is 11.6. The van der Waals surface area contributed by atoms with E-state index in [2.05, 4.69) is 45.4 Å². The molecule has 3 nitrogen and oxygen atoms in total. The van der Waals surface area contributed by atoms with Gasteiger partial charge in [0.05, 0.1) is 6.20 Å². The van der Waals surface area contributed by atoms with Gasteiger partial charge in [-0.15, -0.1) is 0 Å². The highest BCUT2D eigenvalue weighted by atomic mass is 79.9. The molecule has 90 valence electrons. The van der Waals surface area contributed by atoms with Crippen LogP contribution in [0.4, 0.5) is 0 Å². The van der Waals surface area contributed by atoms with Gasteiger partial charge in [0.2, 0.25) is 0 Å². The van der Waals surface area contributed by atoms with Gasteiger partial charge < -0.3 is 9.30 Å². The van der Waals surface area contributed by atoms with Crippen molar-refractivity contribution in [3.05, 3.63) is 46.5 Å². The molecule has 2 rings (SSSR count). The van der Waals surface area contributed by atoms with Gasteiger partial charge in [0.1, 0.15) is 22.8 Å². The molecule has 0 aliphatic carbocycles. The predicted molar refractivity (Wildman–Crippen MR) is 71.1 cm³/mol. The van der Waals surface area contributed by atoms with Crippen LogP contribution in [-0.2, 0) is 13.2 Å². The molecule has 1 heterocycles. The lowest BCUT2D eigenvalue weighted by Gasteiger charge is -2.08. The quantitative estimate of drug-likeness (QED) is 0.862. The van der Waals surface area contributed by atoms with Gasteiger partial charge in [-0.25, -0.2) is 4.98 Å². The van der Waals surface area contributed by atoms with Crippen LogP contribution in [0.25, 0.3) is 0 Å². The Bertz CT molecular complexity index is 508. The molecular weight excluding hydrogens is 280 g/mol.